The van der Waals surface area contributed by atoms with Gasteiger partial charge in [-0.2, -0.15) is 5.10 Å². The van der Waals surface area contributed by atoms with Crippen molar-refractivity contribution < 1.29 is 24.2 Å². The number of aliphatic hydroxyl groups is 1. The van der Waals surface area contributed by atoms with Crippen LogP contribution in [0.15, 0.2) is 65.3 Å². The van der Waals surface area contributed by atoms with E-state index < -0.39 is 34.8 Å². The Morgan fingerprint density at radius 2 is 1.87 bits per heavy atom. The van der Waals surface area contributed by atoms with Crippen LogP contribution in [0, 0.1) is 5.92 Å². The zero-order valence-electron chi connectivity index (χ0n) is 16.8. The molecule has 2 aromatic carbocycles. The monoisotopic (exact) mass is 482 g/mol. The van der Waals surface area contributed by atoms with Gasteiger partial charge < -0.3 is 14.6 Å². The number of aromatic nitrogens is 2. The summed E-state index contributed by atoms with van der Waals surface area (Å²) in [6, 6.07) is 16.3. The molecule has 2 aliphatic rings. The standard InChI is InChI=1S/C23H19BrN2O5/c1-26-12-16-19(25-26)22(29)20(27)17(21(28)30-2)18(13-6-4-3-5-7-13)23(22,31-16)14-8-10-15(24)11-9-14/h3-12,17-18,29H,1-2H3/t17-,18-,22+,23+/m1/s1. The van der Waals surface area contributed by atoms with E-state index in [4.69, 9.17) is 9.47 Å². The van der Waals surface area contributed by atoms with Gasteiger partial charge in [-0.3, -0.25) is 14.3 Å². The van der Waals surface area contributed by atoms with Crippen molar-refractivity contribution >= 4 is 27.7 Å². The summed E-state index contributed by atoms with van der Waals surface area (Å²) in [5, 5.41) is 16.5. The van der Waals surface area contributed by atoms with Crippen LogP contribution >= 0.6 is 15.9 Å². The Balaban J connectivity index is 1.86. The third-order valence-corrected chi connectivity index (χ3v) is 6.77. The number of nitrogens with zero attached hydrogens (tertiary/aromatic N) is 2. The van der Waals surface area contributed by atoms with Gasteiger partial charge in [0.25, 0.3) is 0 Å². The average Bonchev–Trinajstić information content (AvgIpc) is 3.32. The van der Waals surface area contributed by atoms with Crippen LogP contribution in [0.2, 0.25) is 0 Å². The highest BCUT2D eigenvalue weighted by Crippen LogP contribution is 2.66. The number of esters is 1. The van der Waals surface area contributed by atoms with Gasteiger partial charge in [-0.15, -0.1) is 0 Å². The molecule has 8 heteroatoms. The van der Waals surface area contributed by atoms with E-state index >= 15 is 0 Å². The minimum absolute atomic E-state index is 0.107. The minimum Gasteiger partial charge on any atom is -0.474 e. The van der Waals surface area contributed by atoms with Crippen molar-refractivity contribution in [3.8, 4) is 5.75 Å². The average molecular weight is 483 g/mol. The van der Waals surface area contributed by atoms with Crippen molar-refractivity contribution in [1.29, 1.82) is 0 Å². The summed E-state index contributed by atoms with van der Waals surface area (Å²) in [4.78, 5) is 26.7. The van der Waals surface area contributed by atoms with Crippen LogP contribution in [-0.2, 0) is 32.6 Å². The number of hydrogen-bond donors (Lipinski definition) is 1. The molecular weight excluding hydrogens is 464 g/mol. The van der Waals surface area contributed by atoms with Gasteiger partial charge in [-0.05, 0) is 23.3 Å². The quantitative estimate of drug-likeness (QED) is 0.455. The normalized spacial score (nSPS) is 28.7. The minimum atomic E-state index is -2.17. The van der Waals surface area contributed by atoms with Crippen molar-refractivity contribution in [2.75, 3.05) is 7.11 Å². The molecule has 1 saturated carbocycles. The first kappa shape index (κ1) is 20.0. The molecule has 1 aromatic heterocycles. The number of fused-ring (bicyclic) bond motifs is 3. The van der Waals surface area contributed by atoms with E-state index in [2.05, 4.69) is 21.0 Å². The Bertz CT molecular complexity index is 1190. The molecule has 0 amide bonds. The molecule has 0 spiro atoms. The van der Waals surface area contributed by atoms with Gasteiger partial charge >= 0.3 is 5.97 Å². The Labute approximate surface area is 186 Å². The molecule has 0 bridgehead atoms. The van der Waals surface area contributed by atoms with Crippen molar-refractivity contribution in [1.82, 2.24) is 9.78 Å². The molecule has 158 valence electrons. The van der Waals surface area contributed by atoms with Crippen molar-refractivity contribution in [2.24, 2.45) is 13.0 Å². The fourth-order valence-corrected chi connectivity index (χ4v) is 5.28. The van der Waals surface area contributed by atoms with Crippen LogP contribution < -0.4 is 4.74 Å². The number of rotatable bonds is 3. The summed E-state index contributed by atoms with van der Waals surface area (Å²) >= 11 is 3.43. The molecule has 1 aliphatic carbocycles. The zero-order valence-corrected chi connectivity index (χ0v) is 18.4. The number of methoxy groups -OCH3 is 1. The topological polar surface area (TPSA) is 90.7 Å². The fraction of sp³-hybridized carbons (Fsp3) is 0.261. The van der Waals surface area contributed by atoms with Crippen molar-refractivity contribution in [3.05, 3.63) is 82.1 Å². The molecule has 3 aromatic rings. The molecule has 0 unspecified atom stereocenters. The highest BCUT2D eigenvalue weighted by atomic mass is 79.9. The van der Waals surface area contributed by atoms with E-state index in [1.807, 2.05) is 42.5 Å². The Morgan fingerprint density at radius 1 is 1.19 bits per heavy atom. The third kappa shape index (κ3) is 2.46. The fourth-order valence-electron chi connectivity index (χ4n) is 5.02. The van der Waals surface area contributed by atoms with E-state index in [0.29, 0.717) is 16.9 Å². The highest BCUT2D eigenvalue weighted by Gasteiger charge is 2.79. The van der Waals surface area contributed by atoms with Crippen LogP contribution in [0.5, 0.6) is 5.75 Å². The van der Waals surface area contributed by atoms with Gasteiger partial charge in [0, 0.05) is 11.5 Å². The highest BCUT2D eigenvalue weighted by molar-refractivity contribution is 9.10. The number of carbonyl (C=O) groups is 2. The SMILES string of the molecule is COC(=O)[C@H]1C(=O)[C@@]2(O)c3nn(C)cc3O[C@@]2(c2ccc(Br)cc2)[C@@H]1c1ccccc1. The summed E-state index contributed by atoms with van der Waals surface area (Å²) in [5.41, 5.74) is -2.41. The van der Waals surface area contributed by atoms with Gasteiger partial charge in [0.05, 0.1) is 19.2 Å². The molecule has 0 radical (unpaired) electrons. The van der Waals surface area contributed by atoms with Crippen LogP contribution in [0.1, 0.15) is 22.7 Å². The number of benzene rings is 2. The maximum Gasteiger partial charge on any atom is 0.317 e. The zero-order chi connectivity index (χ0) is 22.0. The molecule has 31 heavy (non-hydrogen) atoms. The first-order chi connectivity index (χ1) is 14.8. The molecule has 2 heterocycles. The largest absolute Gasteiger partial charge is 0.474 e. The first-order valence-electron chi connectivity index (χ1n) is 9.73. The molecule has 1 aliphatic heterocycles. The number of Topliss-reactive ketones (excluding diaryl/α,β-unsaturated/α-hetero) is 1. The lowest BCUT2D eigenvalue weighted by Gasteiger charge is -2.39. The van der Waals surface area contributed by atoms with Crippen molar-refractivity contribution in [3.63, 3.8) is 0 Å². The summed E-state index contributed by atoms with van der Waals surface area (Å²) in [5.74, 6) is -3.20. The molecule has 5 rings (SSSR count). The molecule has 1 fully saturated rings. The van der Waals surface area contributed by atoms with Crippen LogP contribution in [0.3, 0.4) is 0 Å². The van der Waals surface area contributed by atoms with E-state index in [0.717, 1.165) is 4.47 Å². The number of halogens is 1. The Hall–Kier alpha value is -2.97. The summed E-state index contributed by atoms with van der Waals surface area (Å²) in [7, 11) is 2.91. The number of hydrogen-bond acceptors (Lipinski definition) is 6. The lowest BCUT2D eigenvalue weighted by atomic mass is 9.71. The Kier molecular flexibility index (Phi) is 4.36. The molecule has 7 nitrogen and oxygen atoms in total. The lowest BCUT2D eigenvalue weighted by molar-refractivity contribution is -0.156. The van der Waals surface area contributed by atoms with Gasteiger partial charge in [-0.1, -0.05) is 58.4 Å². The Morgan fingerprint density at radius 3 is 2.52 bits per heavy atom. The lowest BCUT2D eigenvalue weighted by Crippen LogP contribution is -2.51. The molecular formula is C23H19BrN2O5. The predicted octanol–water partition coefficient (Wildman–Crippen LogP) is 2.81. The second-order valence-electron chi connectivity index (χ2n) is 7.82. The number of carbonyl (C=O) groups excluding carboxylic acids is 2. The summed E-state index contributed by atoms with van der Waals surface area (Å²) < 4.78 is 13.8. The van der Waals surface area contributed by atoms with Crippen LogP contribution in [-0.4, -0.2) is 33.7 Å². The maximum absolute atomic E-state index is 13.8. The number of ether oxygens (including phenoxy) is 2. The second-order valence-corrected chi connectivity index (χ2v) is 8.74. The van der Waals surface area contributed by atoms with E-state index in [-0.39, 0.29) is 5.69 Å². The van der Waals surface area contributed by atoms with E-state index in [1.54, 1.807) is 25.4 Å². The molecule has 0 saturated heterocycles. The van der Waals surface area contributed by atoms with Crippen molar-refractivity contribution in [2.45, 2.75) is 17.1 Å². The molecule has 4 atom stereocenters. The summed E-state index contributed by atoms with van der Waals surface area (Å²) in [6.07, 6.45) is 1.62. The summed E-state index contributed by atoms with van der Waals surface area (Å²) in [6.45, 7) is 0. The van der Waals surface area contributed by atoms with Gasteiger partial charge in [0.15, 0.2) is 17.1 Å². The van der Waals surface area contributed by atoms with E-state index in [9.17, 15) is 14.7 Å². The smallest absolute Gasteiger partial charge is 0.317 e. The van der Waals surface area contributed by atoms with Crippen LogP contribution in [0.25, 0.3) is 0 Å². The predicted molar refractivity (Wildman–Crippen MR) is 113 cm³/mol. The second kappa shape index (κ2) is 6.77. The van der Waals surface area contributed by atoms with Gasteiger partial charge in [0.2, 0.25) is 5.60 Å². The number of ketones is 1. The first-order valence-corrected chi connectivity index (χ1v) is 10.5. The van der Waals surface area contributed by atoms with E-state index in [1.165, 1.54) is 11.8 Å². The maximum atomic E-state index is 13.8. The molecule has 1 N–H and O–H groups in total. The van der Waals surface area contributed by atoms with Crippen LogP contribution in [0.4, 0.5) is 0 Å². The number of aryl methyl sites for hydroxylation is 1. The van der Waals surface area contributed by atoms with Gasteiger partial charge in [0.1, 0.15) is 11.6 Å². The van der Waals surface area contributed by atoms with Gasteiger partial charge in [-0.25, -0.2) is 0 Å². The third-order valence-electron chi connectivity index (χ3n) is 6.24.